The lowest BCUT2D eigenvalue weighted by Gasteiger charge is -2.10. The maximum Gasteiger partial charge on any atom is 0.339 e. The Morgan fingerprint density at radius 2 is 1.91 bits per heavy atom. The van der Waals surface area contributed by atoms with E-state index in [0.29, 0.717) is 11.3 Å². The van der Waals surface area contributed by atoms with Crippen molar-refractivity contribution in [3.05, 3.63) is 63.7 Å². The minimum absolute atomic E-state index is 0.0164. The Hall–Kier alpha value is -3.09. The number of nitro benzene ring substituents is 1. The van der Waals surface area contributed by atoms with Gasteiger partial charge in [-0.25, -0.2) is 4.79 Å². The molecule has 22 heavy (non-hydrogen) atoms. The summed E-state index contributed by atoms with van der Waals surface area (Å²) in [5, 5.41) is 19.7. The van der Waals surface area contributed by atoms with Crippen LogP contribution in [0.5, 0.6) is 11.5 Å². The number of carboxylic acids is 1. The van der Waals surface area contributed by atoms with Gasteiger partial charge in [0, 0.05) is 18.2 Å². The number of nitro groups is 1. The molecule has 0 aliphatic carbocycles. The van der Waals surface area contributed by atoms with Crippen LogP contribution in [-0.4, -0.2) is 23.1 Å². The monoisotopic (exact) mass is 303 g/mol. The number of ether oxygens (including phenoxy) is 2. The summed E-state index contributed by atoms with van der Waals surface area (Å²) in [6.07, 6.45) is 0. The van der Waals surface area contributed by atoms with Crippen molar-refractivity contribution in [2.75, 3.05) is 7.11 Å². The molecule has 0 aromatic heterocycles. The Kier molecular flexibility index (Phi) is 4.57. The summed E-state index contributed by atoms with van der Waals surface area (Å²) >= 11 is 0. The van der Waals surface area contributed by atoms with Gasteiger partial charge in [0.2, 0.25) is 0 Å². The van der Waals surface area contributed by atoms with Crippen LogP contribution in [0, 0.1) is 10.1 Å². The van der Waals surface area contributed by atoms with Gasteiger partial charge in [0.15, 0.2) is 0 Å². The van der Waals surface area contributed by atoms with Crippen LogP contribution in [0.3, 0.4) is 0 Å². The van der Waals surface area contributed by atoms with Crippen LogP contribution in [0.4, 0.5) is 5.69 Å². The normalized spacial score (nSPS) is 10.0. The molecule has 0 unspecified atom stereocenters. The molecule has 0 amide bonds. The van der Waals surface area contributed by atoms with Crippen molar-refractivity contribution >= 4 is 11.7 Å². The fourth-order valence-corrected chi connectivity index (χ4v) is 1.80. The number of carboxylic acid groups (broad SMARTS) is 1. The molecule has 0 saturated heterocycles. The highest BCUT2D eigenvalue weighted by molar-refractivity contribution is 5.91. The van der Waals surface area contributed by atoms with E-state index in [0.717, 1.165) is 0 Å². The molecule has 0 spiro atoms. The lowest BCUT2D eigenvalue weighted by Crippen LogP contribution is -2.04. The fourth-order valence-electron chi connectivity index (χ4n) is 1.80. The summed E-state index contributed by atoms with van der Waals surface area (Å²) in [7, 11) is 1.47. The van der Waals surface area contributed by atoms with Crippen LogP contribution in [0.25, 0.3) is 0 Å². The van der Waals surface area contributed by atoms with Crippen LogP contribution in [0.1, 0.15) is 15.9 Å². The minimum atomic E-state index is -1.11. The summed E-state index contributed by atoms with van der Waals surface area (Å²) in [4.78, 5) is 21.2. The minimum Gasteiger partial charge on any atom is -0.497 e. The lowest BCUT2D eigenvalue weighted by atomic mass is 10.2. The van der Waals surface area contributed by atoms with Crippen LogP contribution < -0.4 is 9.47 Å². The molecule has 7 nitrogen and oxygen atoms in total. The molecule has 114 valence electrons. The molecule has 0 bridgehead atoms. The molecule has 0 aliphatic rings. The van der Waals surface area contributed by atoms with E-state index in [2.05, 4.69) is 0 Å². The standard InChI is InChI=1S/C15H13NO6/c1-21-12-6-7-13(15(17)18)14(8-12)22-9-10-2-4-11(5-3-10)16(19)20/h2-8H,9H2,1H3,(H,17,18). The number of rotatable bonds is 6. The van der Waals surface area contributed by atoms with Gasteiger partial charge in [0.25, 0.3) is 5.69 Å². The van der Waals surface area contributed by atoms with Gasteiger partial charge >= 0.3 is 5.97 Å². The van der Waals surface area contributed by atoms with Crippen molar-refractivity contribution in [3.8, 4) is 11.5 Å². The third-order valence-corrected chi connectivity index (χ3v) is 2.96. The van der Waals surface area contributed by atoms with Crippen LogP contribution in [0.15, 0.2) is 42.5 Å². The predicted molar refractivity (Wildman–Crippen MR) is 77.4 cm³/mol. The average Bonchev–Trinajstić information content (AvgIpc) is 2.52. The average molecular weight is 303 g/mol. The fraction of sp³-hybridized carbons (Fsp3) is 0.133. The second-order valence-electron chi connectivity index (χ2n) is 4.38. The number of nitrogens with zero attached hydrogens (tertiary/aromatic N) is 1. The van der Waals surface area contributed by atoms with Crippen molar-refractivity contribution in [2.24, 2.45) is 0 Å². The molecule has 1 N–H and O–H groups in total. The molecule has 2 rings (SSSR count). The second kappa shape index (κ2) is 6.57. The van der Waals surface area contributed by atoms with Gasteiger partial charge in [-0.2, -0.15) is 0 Å². The van der Waals surface area contributed by atoms with E-state index in [9.17, 15) is 14.9 Å². The molecule has 0 atom stereocenters. The molecular formula is C15H13NO6. The molecular weight excluding hydrogens is 290 g/mol. The molecule has 7 heteroatoms. The Labute approximate surface area is 125 Å². The van der Waals surface area contributed by atoms with Gasteiger partial charge in [-0.1, -0.05) is 0 Å². The number of methoxy groups -OCH3 is 1. The van der Waals surface area contributed by atoms with Crippen molar-refractivity contribution < 1.29 is 24.3 Å². The van der Waals surface area contributed by atoms with Gasteiger partial charge in [0.1, 0.15) is 23.7 Å². The van der Waals surface area contributed by atoms with Gasteiger partial charge < -0.3 is 14.6 Å². The maximum atomic E-state index is 11.2. The van der Waals surface area contributed by atoms with Crippen molar-refractivity contribution in [2.45, 2.75) is 6.61 Å². The van der Waals surface area contributed by atoms with Gasteiger partial charge in [-0.3, -0.25) is 10.1 Å². The zero-order valence-electron chi connectivity index (χ0n) is 11.7. The molecule has 2 aromatic carbocycles. The van der Waals surface area contributed by atoms with Crippen molar-refractivity contribution in [3.63, 3.8) is 0 Å². The van der Waals surface area contributed by atoms with E-state index in [4.69, 9.17) is 14.6 Å². The summed E-state index contributed by atoms with van der Waals surface area (Å²) < 4.78 is 10.5. The van der Waals surface area contributed by atoms with E-state index in [1.807, 2.05) is 0 Å². The van der Waals surface area contributed by atoms with Crippen molar-refractivity contribution in [1.29, 1.82) is 0 Å². The molecule has 0 saturated carbocycles. The second-order valence-corrected chi connectivity index (χ2v) is 4.38. The quantitative estimate of drug-likeness (QED) is 0.650. The largest absolute Gasteiger partial charge is 0.497 e. The van der Waals surface area contributed by atoms with E-state index in [1.54, 1.807) is 12.1 Å². The Balaban J connectivity index is 2.16. The topological polar surface area (TPSA) is 98.9 Å². The summed E-state index contributed by atoms with van der Waals surface area (Å²) in [6.45, 7) is 0.0887. The van der Waals surface area contributed by atoms with Gasteiger partial charge in [-0.05, 0) is 29.8 Å². The molecule has 0 radical (unpaired) electrons. The summed E-state index contributed by atoms with van der Waals surface area (Å²) in [5.41, 5.74) is 0.684. The zero-order valence-corrected chi connectivity index (χ0v) is 11.7. The SMILES string of the molecule is COc1ccc(C(=O)O)c(OCc2ccc([N+](=O)[O-])cc2)c1. The van der Waals surface area contributed by atoms with Crippen LogP contribution >= 0.6 is 0 Å². The number of hydrogen-bond acceptors (Lipinski definition) is 5. The summed E-state index contributed by atoms with van der Waals surface area (Å²) in [5.74, 6) is -0.463. The number of hydrogen-bond donors (Lipinski definition) is 1. The Morgan fingerprint density at radius 1 is 1.23 bits per heavy atom. The van der Waals surface area contributed by atoms with Crippen LogP contribution in [0.2, 0.25) is 0 Å². The highest BCUT2D eigenvalue weighted by Crippen LogP contribution is 2.26. The third-order valence-electron chi connectivity index (χ3n) is 2.96. The number of carbonyl (C=O) groups is 1. The van der Waals surface area contributed by atoms with Crippen molar-refractivity contribution in [1.82, 2.24) is 0 Å². The highest BCUT2D eigenvalue weighted by Gasteiger charge is 2.13. The Morgan fingerprint density at radius 3 is 2.45 bits per heavy atom. The van der Waals surface area contributed by atoms with E-state index < -0.39 is 10.9 Å². The van der Waals surface area contributed by atoms with E-state index in [-0.39, 0.29) is 23.6 Å². The number of non-ortho nitro benzene ring substituents is 1. The molecule has 2 aromatic rings. The smallest absolute Gasteiger partial charge is 0.339 e. The molecule has 0 heterocycles. The molecule has 0 aliphatic heterocycles. The van der Waals surface area contributed by atoms with Gasteiger partial charge in [0.05, 0.1) is 12.0 Å². The highest BCUT2D eigenvalue weighted by atomic mass is 16.6. The number of aromatic carboxylic acids is 1. The first-order chi connectivity index (χ1) is 10.5. The third kappa shape index (κ3) is 3.51. The Bertz CT molecular complexity index is 696. The van der Waals surface area contributed by atoms with Gasteiger partial charge in [-0.15, -0.1) is 0 Å². The number of benzene rings is 2. The molecule has 0 fully saturated rings. The zero-order chi connectivity index (χ0) is 16.1. The van der Waals surface area contributed by atoms with E-state index >= 15 is 0 Å². The van der Waals surface area contributed by atoms with E-state index in [1.165, 1.54) is 37.4 Å². The lowest BCUT2D eigenvalue weighted by molar-refractivity contribution is -0.384. The van der Waals surface area contributed by atoms with Crippen LogP contribution in [-0.2, 0) is 6.61 Å². The first-order valence-corrected chi connectivity index (χ1v) is 6.28. The summed E-state index contributed by atoms with van der Waals surface area (Å²) in [6, 6.07) is 10.2. The first kappa shape index (κ1) is 15.3. The predicted octanol–water partition coefficient (Wildman–Crippen LogP) is 2.88. The first-order valence-electron chi connectivity index (χ1n) is 6.28. The maximum absolute atomic E-state index is 11.2.